The van der Waals surface area contributed by atoms with E-state index in [1.165, 1.54) is 16.7 Å². The average Bonchev–Trinajstić information content (AvgIpc) is 3.26. The molecule has 1 aliphatic carbocycles. The number of carboxylic acids is 1. The molecule has 2 aliphatic rings. The van der Waals surface area contributed by atoms with Crippen molar-refractivity contribution in [2.24, 2.45) is 5.92 Å². The van der Waals surface area contributed by atoms with Crippen LogP contribution in [0, 0.1) is 5.92 Å². The number of carbonyl (C=O) groups excluding carboxylic acids is 2. The van der Waals surface area contributed by atoms with Crippen molar-refractivity contribution in [3.8, 4) is 0 Å². The van der Waals surface area contributed by atoms with Crippen LogP contribution in [0.3, 0.4) is 0 Å². The molecule has 8 nitrogen and oxygen atoms in total. The van der Waals surface area contributed by atoms with Gasteiger partial charge in [0.15, 0.2) is 5.69 Å². The van der Waals surface area contributed by atoms with Crippen LogP contribution in [0.2, 0.25) is 0 Å². The van der Waals surface area contributed by atoms with Gasteiger partial charge in [-0.3, -0.25) is 9.59 Å². The fourth-order valence-corrected chi connectivity index (χ4v) is 3.39. The van der Waals surface area contributed by atoms with E-state index >= 15 is 0 Å². The van der Waals surface area contributed by atoms with E-state index in [9.17, 15) is 14.4 Å². The molecule has 1 unspecified atom stereocenters. The standard InChI is InChI=1S/C14H16N4O4S/c19-12(17-3-8-1-2-8)11-6-23-7-18(11)13(20)9-4-16-10(5-15-9)14(21)22/h4-5,8,11H,1-3,6-7H2,(H,17,19)(H,21,22). The molecule has 122 valence electrons. The Balaban J connectivity index is 1.66. The first-order valence-corrected chi connectivity index (χ1v) is 8.43. The lowest BCUT2D eigenvalue weighted by atomic mass is 10.2. The van der Waals surface area contributed by atoms with Crippen molar-refractivity contribution in [2.75, 3.05) is 18.2 Å². The Labute approximate surface area is 136 Å². The molecule has 9 heteroatoms. The highest BCUT2D eigenvalue weighted by atomic mass is 32.2. The number of rotatable bonds is 5. The summed E-state index contributed by atoms with van der Waals surface area (Å²) in [6.45, 7) is 0.662. The highest BCUT2D eigenvalue weighted by molar-refractivity contribution is 7.99. The van der Waals surface area contributed by atoms with Crippen LogP contribution >= 0.6 is 11.8 Å². The number of nitrogens with zero attached hydrogens (tertiary/aromatic N) is 3. The Hall–Kier alpha value is -2.16. The molecule has 1 aromatic rings. The van der Waals surface area contributed by atoms with E-state index in [4.69, 9.17) is 5.11 Å². The molecule has 1 aromatic heterocycles. The van der Waals surface area contributed by atoms with Crippen LogP contribution in [0.25, 0.3) is 0 Å². The fourth-order valence-electron chi connectivity index (χ4n) is 2.24. The smallest absolute Gasteiger partial charge is 0.356 e. The van der Waals surface area contributed by atoms with Gasteiger partial charge >= 0.3 is 5.97 Å². The van der Waals surface area contributed by atoms with Crippen molar-refractivity contribution in [1.82, 2.24) is 20.2 Å². The van der Waals surface area contributed by atoms with Gasteiger partial charge in [0.2, 0.25) is 5.91 Å². The Bertz CT molecular complexity index is 632. The average molecular weight is 336 g/mol. The molecule has 3 rings (SSSR count). The van der Waals surface area contributed by atoms with Gasteiger partial charge in [-0.25, -0.2) is 14.8 Å². The largest absolute Gasteiger partial charge is 0.476 e. The SMILES string of the molecule is O=C(O)c1cnc(C(=O)N2CSCC2C(=O)NCC2CC2)cn1. The fraction of sp³-hybridized carbons (Fsp3) is 0.500. The van der Waals surface area contributed by atoms with E-state index in [0.29, 0.717) is 24.1 Å². The molecule has 2 amide bonds. The van der Waals surface area contributed by atoms with Crippen LogP contribution in [0.1, 0.15) is 33.8 Å². The van der Waals surface area contributed by atoms with Crippen LogP contribution in [0.5, 0.6) is 0 Å². The minimum Gasteiger partial charge on any atom is -0.476 e. The van der Waals surface area contributed by atoms with E-state index in [1.807, 2.05) is 0 Å². The molecule has 2 heterocycles. The van der Waals surface area contributed by atoms with Crippen LogP contribution in [0.15, 0.2) is 12.4 Å². The third-order valence-corrected chi connectivity index (χ3v) is 4.81. The predicted molar refractivity (Wildman–Crippen MR) is 82.0 cm³/mol. The summed E-state index contributed by atoms with van der Waals surface area (Å²) < 4.78 is 0. The lowest BCUT2D eigenvalue weighted by Gasteiger charge is -2.22. The minimum atomic E-state index is -1.20. The van der Waals surface area contributed by atoms with E-state index < -0.39 is 17.9 Å². The van der Waals surface area contributed by atoms with Crippen molar-refractivity contribution in [1.29, 1.82) is 0 Å². The quantitative estimate of drug-likeness (QED) is 0.790. The van der Waals surface area contributed by atoms with Gasteiger partial charge in [-0.05, 0) is 18.8 Å². The van der Waals surface area contributed by atoms with Crippen molar-refractivity contribution in [2.45, 2.75) is 18.9 Å². The van der Waals surface area contributed by atoms with E-state index in [1.54, 1.807) is 0 Å². The van der Waals surface area contributed by atoms with E-state index in [0.717, 1.165) is 25.2 Å². The summed E-state index contributed by atoms with van der Waals surface area (Å²) in [6, 6.07) is -0.521. The molecular formula is C14H16N4O4S. The maximum Gasteiger partial charge on any atom is 0.356 e. The molecule has 23 heavy (non-hydrogen) atoms. The van der Waals surface area contributed by atoms with Crippen molar-refractivity contribution >= 4 is 29.5 Å². The zero-order valence-corrected chi connectivity index (χ0v) is 13.1. The molecular weight excluding hydrogens is 320 g/mol. The number of thioether (sulfide) groups is 1. The third kappa shape index (κ3) is 3.61. The molecule has 1 atom stereocenters. The molecule has 2 N–H and O–H groups in total. The lowest BCUT2D eigenvalue weighted by molar-refractivity contribution is -0.124. The van der Waals surface area contributed by atoms with Crippen molar-refractivity contribution < 1.29 is 19.5 Å². The molecule has 2 fully saturated rings. The summed E-state index contributed by atoms with van der Waals surface area (Å²) in [5.74, 6) is -0.237. The topological polar surface area (TPSA) is 112 Å². The summed E-state index contributed by atoms with van der Waals surface area (Å²) in [7, 11) is 0. The Morgan fingerprint density at radius 2 is 1.96 bits per heavy atom. The molecule has 1 saturated carbocycles. The predicted octanol–water partition coefficient (Wildman–Crippen LogP) is 0.216. The van der Waals surface area contributed by atoms with Gasteiger partial charge in [0.1, 0.15) is 11.7 Å². The van der Waals surface area contributed by atoms with Crippen LogP contribution in [0.4, 0.5) is 0 Å². The molecule has 1 aliphatic heterocycles. The first kappa shape index (κ1) is 15.7. The third-order valence-electron chi connectivity index (χ3n) is 3.80. The molecule has 1 saturated heterocycles. The second kappa shape index (κ2) is 6.53. The summed E-state index contributed by atoms with van der Waals surface area (Å²) >= 11 is 1.50. The van der Waals surface area contributed by atoms with Crippen LogP contribution in [-0.4, -0.2) is 62.0 Å². The second-order valence-corrected chi connectivity index (χ2v) is 6.57. The molecule has 0 radical (unpaired) electrons. The highest BCUT2D eigenvalue weighted by Crippen LogP contribution is 2.28. The summed E-state index contributed by atoms with van der Waals surface area (Å²) in [5.41, 5.74) is -0.187. The summed E-state index contributed by atoms with van der Waals surface area (Å²) in [5, 5.41) is 11.7. The number of amides is 2. The van der Waals surface area contributed by atoms with Gasteiger partial charge in [0.25, 0.3) is 5.91 Å². The first-order chi connectivity index (χ1) is 11.1. The van der Waals surface area contributed by atoms with E-state index in [2.05, 4.69) is 15.3 Å². The van der Waals surface area contributed by atoms with Gasteiger partial charge in [-0.2, -0.15) is 0 Å². The number of aromatic nitrogens is 2. The normalized spacial score (nSPS) is 20.3. The molecule has 0 bridgehead atoms. The van der Waals surface area contributed by atoms with Gasteiger partial charge in [-0.1, -0.05) is 0 Å². The summed E-state index contributed by atoms with van der Waals surface area (Å²) in [6.07, 6.45) is 4.47. The first-order valence-electron chi connectivity index (χ1n) is 7.28. The second-order valence-electron chi connectivity index (χ2n) is 5.57. The molecule has 0 aromatic carbocycles. The number of aromatic carboxylic acids is 1. The zero-order chi connectivity index (χ0) is 16.4. The van der Waals surface area contributed by atoms with E-state index in [-0.39, 0.29) is 17.3 Å². The number of hydrogen-bond acceptors (Lipinski definition) is 6. The maximum absolute atomic E-state index is 12.5. The number of carboxylic acid groups (broad SMARTS) is 1. The van der Waals surface area contributed by atoms with Gasteiger partial charge < -0.3 is 15.3 Å². The monoisotopic (exact) mass is 336 g/mol. The van der Waals surface area contributed by atoms with Crippen LogP contribution in [-0.2, 0) is 4.79 Å². The van der Waals surface area contributed by atoms with Crippen LogP contribution < -0.4 is 5.32 Å². The Morgan fingerprint density at radius 1 is 1.26 bits per heavy atom. The Morgan fingerprint density at radius 3 is 2.57 bits per heavy atom. The lowest BCUT2D eigenvalue weighted by Crippen LogP contribution is -2.47. The highest BCUT2D eigenvalue weighted by Gasteiger charge is 2.36. The minimum absolute atomic E-state index is 0.0393. The van der Waals surface area contributed by atoms with Gasteiger partial charge in [0.05, 0.1) is 18.3 Å². The van der Waals surface area contributed by atoms with Gasteiger partial charge in [0, 0.05) is 12.3 Å². The maximum atomic E-state index is 12.5. The zero-order valence-electron chi connectivity index (χ0n) is 12.3. The summed E-state index contributed by atoms with van der Waals surface area (Å²) in [4.78, 5) is 44.5. The molecule has 0 spiro atoms. The number of carbonyl (C=O) groups is 3. The Kier molecular flexibility index (Phi) is 4.46. The number of hydrogen-bond donors (Lipinski definition) is 2. The number of nitrogens with one attached hydrogen (secondary N) is 1. The van der Waals surface area contributed by atoms with Crippen molar-refractivity contribution in [3.63, 3.8) is 0 Å². The van der Waals surface area contributed by atoms with Gasteiger partial charge in [-0.15, -0.1) is 11.8 Å². The van der Waals surface area contributed by atoms with Crippen molar-refractivity contribution in [3.05, 3.63) is 23.8 Å².